The van der Waals surface area contributed by atoms with E-state index < -0.39 is 0 Å². The highest BCUT2D eigenvalue weighted by molar-refractivity contribution is 5.98. The Labute approximate surface area is 170 Å². The summed E-state index contributed by atoms with van der Waals surface area (Å²) in [6, 6.07) is 9.42. The average Bonchev–Trinajstić information content (AvgIpc) is 2.77. The van der Waals surface area contributed by atoms with Crippen molar-refractivity contribution in [3.05, 3.63) is 35.4 Å². The third-order valence-electron chi connectivity index (χ3n) is 8.02. The van der Waals surface area contributed by atoms with E-state index in [-0.39, 0.29) is 5.60 Å². The van der Waals surface area contributed by atoms with Gasteiger partial charge in [0.1, 0.15) is 0 Å². The van der Waals surface area contributed by atoms with Crippen molar-refractivity contribution in [2.45, 2.75) is 108 Å². The first-order valence-corrected chi connectivity index (χ1v) is 12.2. The van der Waals surface area contributed by atoms with E-state index in [1.807, 2.05) is 0 Å². The molecular weight excluding hydrogens is 344 g/mol. The second-order valence-electron chi connectivity index (χ2n) is 9.49. The maximum Gasteiger partial charge on any atom is 0.247 e. The van der Waals surface area contributed by atoms with Crippen molar-refractivity contribution in [2.24, 2.45) is 11.8 Å². The van der Waals surface area contributed by atoms with Crippen LogP contribution in [-0.2, 0) is 10.0 Å². The van der Waals surface area contributed by atoms with Gasteiger partial charge in [0.2, 0.25) is 10.5 Å². The SMILES string of the molecule is [Si]OC(c1ccccc1C1CCCCC1)(C1CCCCC1)C1CCCCC1. The Morgan fingerprint density at radius 1 is 0.667 bits per heavy atom. The molecule has 0 saturated heterocycles. The zero-order valence-corrected chi connectivity index (χ0v) is 18.1. The lowest BCUT2D eigenvalue weighted by Gasteiger charge is -2.50. The van der Waals surface area contributed by atoms with Gasteiger partial charge in [0.25, 0.3) is 0 Å². The van der Waals surface area contributed by atoms with Crippen LogP contribution in [-0.4, -0.2) is 10.5 Å². The molecule has 4 rings (SSSR count). The minimum Gasteiger partial charge on any atom is -0.409 e. The first-order chi connectivity index (χ1) is 13.4. The molecule has 0 bridgehead atoms. The molecule has 0 aliphatic heterocycles. The highest BCUT2D eigenvalue weighted by Crippen LogP contribution is 2.53. The van der Waals surface area contributed by atoms with Crippen molar-refractivity contribution >= 4 is 10.5 Å². The molecular formula is C25H37OSi. The highest BCUT2D eigenvalue weighted by Gasteiger charge is 2.48. The molecule has 1 aromatic carbocycles. The largest absolute Gasteiger partial charge is 0.409 e. The van der Waals surface area contributed by atoms with E-state index in [2.05, 4.69) is 34.8 Å². The van der Waals surface area contributed by atoms with Gasteiger partial charge in [0.05, 0.1) is 5.60 Å². The molecule has 0 N–H and O–H groups in total. The predicted octanol–water partition coefficient (Wildman–Crippen LogP) is 7.19. The van der Waals surface area contributed by atoms with Gasteiger partial charge in [0.15, 0.2) is 0 Å². The number of benzene rings is 1. The maximum absolute atomic E-state index is 6.54. The van der Waals surface area contributed by atoms with Gasteiger partial charge in [-0.05, 0) is 67.4 Å². The zero-order valence-electron chi connectivity index (χ0n) is 17.1. The Hall–Kier alpha value is -0.603. The second kappa shape index (κ2) is 9.26. The first kappa shape index (κ1) is 19.7. The van der Waals surface area contributed by atoms with Crippen LogP contribution in [0.4, 0.5) is 0 Å². The van der Waals surface area contributed by atoms with Gasteiger partial charge in [0, 0.05) is 0 Å². The van der Waals surface area contributed by atoms with Gasteiger partial charge in [-0.1, -0.05) is 82.1 Å². The van der Waals surface area contributed by atoms with Gasteiger partial charge < -0.3 is 4.43 Å². The van der Waals surface area contributed by atoms with E-state index in [0.717, 1.165) is 5.92 Å². The number of hydrogen-bond donors (Lipinski definition) is 0. The Kier molecular flexibility index (Phi) is 6.76. The lowest BCUT2D eigenvalue weighted by atomic mass is 9.62. The molecule has 3 aliphatic carbocycles. The fourth-order valence-electron chi connectivity index (χ4n) is 6.68. The lowest BCUT2D eigenvalue weighted by Crippen LogP contribution is -2.47. The van der Waals surface area contributed by atoms with Crippen LogP contribution >= 0.6 is 0 Å². The smallest absolute Gasteiger partial charge is 0.247 e. The van der Waals surface area contributed by atoms with E-state index in [9.17, 15) is 0 Å². The predicted molar refractivity (Wildman–Crippen MR) is 114 cm³/mol. The molecule has 0 heterocycles. The van der Waals surface area contributed by atoms with Crippen molar-refractivity contribution in [3.8, 4) is 0 Å². The molecule has 1 aromatic rings. The highest BCUT2D eigenvalue weighted by atomic mass is 28.2. The van der Waals surface area contributed by atoms with Crippen LogP contribution in [0.25, 0.3) is 0 Å². The standard InChI is InChI=1S/C25H37OSi/c27-26-25(21-14-6-2-7-15-21,22-16-8-3-9-17-22)24-19-11-10-18-23(24)20-12-4-1-5-13-20/h10-11,18-22H,1-9,12-17H2. The van der Waals surface area contributed by atoms with Crippen LogP contribution in [0.15, 0.2) is 24.3 Å². The minimum atomic E-state index is -0.119. The molecule has 1 nitrogen and oxygen atoms in total. The molecule has 147 valence electrons. The summed E-state index contributed by atoms with van der Waals surface area (Å²) in [7, 11) is 3.70. The summed E-state index contributed by atoms with van der Waals surface area (Å²) in [6.07, 6.45) is 20.6. The summed E-state index contributed by atoms with van der Waals surface area (Å²) >= 11 is 0. The monoisotopic (exact) mass is 381 g/mol. The minimum absolute atomic E-state index is 0.119. The van der Waals surface area contributed by atoms with E-state index >= 15 is 0 Å². The molecule has 3 fully saturated rings. The molecule has 3 saturated carbocycles. The van der Waals surface area contributed by atoms with Crippen LogP contribution < -0.4 is 0 Å². The first-order valence-electron chi connectivity index (χ1n) is 11.8. The molecule has 3 aliphatic rings. The third-order valence-corrected chi connectivity index (χ3v) is 8.36. The van der Waals surface area contributed by atoms with E-state index in [1.54, 1.807) is 11.1 Å². The van der Waals surface area contributed by atoms with Crippen LogP contribution in [0.5, 0.6) is 0 Å². The van der Waals surface area contributed by atoms with Crippen molar-refractivity contribution in [1.29, 1.82) is 0 Å². The van der Waals surface area contributed by atoms with Gasteiger partial charge in [-0.25, -0.2) is 0 Å². The summed E-state index contributed by atoms with van der Waals surface area (Å²) in [4.78, 5) is 0. The fraction of sp³-hybridized carbons (Fsp3) is 0.760. The number of rotatable bonds is 5. The van der Waals surface area contributed by atoms with Crippen LogP contribution in [0.1, 0.15) is 113 Å². The molecule has 0 atom stereocenters. The van der Waals surface area contributed by atoms with E-state index in [0.29, 0.717) is 11.8 Å². The molecule has 0 aromatic heterocycles. The number of hydrogen-bond acceptors (Lipinski definition) is 1. The van der Waals surface area contributed by atoms with Crippen molar-refractivity contribution in [2.75, 3.05) is 0 Å². The Bertz CT molecular complexity index is 562. The van der Waals surface area contributed by atoms with E-state index in [4.69, 9.17) is 4.43 Å². The van der Waals surface area contributed by atoms with Gasteiger partial charge in [-0.2, -0.15) is 0 Å². The topological polar surface area (TPSA) is 9.23 Å². The van der Waals surface area contributed by atoms with Crippen LogP contribution in [0.3, 0.4) is 0 Å². The Morgan fingerprint density at radius 3 is 1.67 bits per heavy atom. The third kappa shape index (κ3) is 3.94. The second-order valence-corrected chi connectivity index (χ2v) is 9.69. The molecule has 0 unspecified atom stereocenters. The zero-order chi connectivity index (χ0) is 18.5. The van der Waals surface area contributed by atoms with Crippen LogP contribution in [0.2, 0.25) is 0 Å². The normalized spacial score (nSPS) is 24.2. The summed E-state index contributed by atoms with van der Waals surface area (Å²) in [6.45, 7) is 0. The Morgan fingerprint density at radius 2 is 1.15 bits per heavy atom. The Balaban J connectivity index is 1.78. The molecule has 27 heavy (non-hydrogen) atoms. The summed E-state index contributed by atoms with van der Waals surface area (Å²) in [5.41, 5.74) is 3.04. The molecule has 0 amide bonds. The molecule has 2 heteroatoms. The van der Waals surface area contributed by atoms with E-state index in [1.165, 1.54) is 96.3 Å². The van der Waals surface area contributed by atoms with Crippen molar-refractivity contribution < 1.29 is 4.43 Å². The van der Waals surface area contributed by atoms with Gasteiger partial charge in [-0.15, -0.1) is 0 Å². The van der Waals surface area contributed by atoms with Crippen molar-refractivity contribution in [1.82, 2.24) is 0 Å². The summed E-state index contributed by atoms with van der Waals surface area (Å²) in [5.74, 6) is 2.07. The molecule has 0 spiro atoms. The lowest BCUT2D eigenvalue weighted by molar-refractivity contribution is -0.0726. The van der Waals surface area contributed by atoms with Crippen molar-refractivity contribution in [3.63, 3.8) is 0 Å². The fourth-order valence-corrected chi connectivity index (χ4v) is 7.12. The average molecular weight is 382 g/mol. The molecule has 3 radical (unpaired) electrons. The quantitative estimate of drug-likeness (QED) is 0.490. The summed E-state index contributed by atoms with van der Waals surface area (Å²) < 4.78 is 6.54. The summed E-state index contributed by atoms with van der Waals surface area (Å²) in [5, 5.41) is 0. The maximum atomic E-state index is 6.54. The van der Waals surface area contributed by atoms with Gasteiger partial charge in [-0.3, -0.25) is 0 Å². The van der Waals surface area contributed by atoms with Gasteiger partial charge >= 0.3 is 0 Å². The van der Waals surface area contributed by atoms with Crippen LogP contribution in [0, 0.1) is 11.8 Å².